The van der Waals surface area contributed by atoms with Crippen LogP contribution in [0.25, 0.3) is 0 Å². The molecule has 2 nitrogen and oxygen atoms in total. The molecule has 4 saturated carbocycles. The summed E-state index contributed by atoms with van der Waals surface area (Å²) in [7, 11) is 0. The van der Waals surface area contributed by atoms with Gasteiger partial charge in [-0.15, -0.1) is 0 Å². The quantitative estimate of drug-likeness (QED) is 0.787. The van der Waals surface area contributed by atoms with Crippen LogP contribution in [0.3, 0.4) is 0 Å². The molecule has 4 fully saturated rings. The Morgan fingerprint density at radius 2 is 1.59 bits per heavy atom. The van der Waals surface area contributed by atoms with Gasteiger partial charge in [-0.05, 0) is 67.3 Å². The summed E-state index contributed by atoms with van der Waals surface area (Å²) in [6.07, 6.45) is 10.1. The van der Waals surface area contributed by atoms with Gasteiger partial charge in [-0.25, -0.2) is 0 Å². The number of hydrogen-bond donors (Lipinski definition) is 0. The maximum absolute atomic E-state index is 6.24. The third kappa shape index (κ3) is 2.19. The lowest BCUT2D eigenvalue weighted by atomic mass is 9.49. The van der Waals surface area contributed by atoms with Crippen molar-refractivity contribution in [1.82, 2.24) is 0 Å². The van der Waals surface area contributed by atoms with E-state index in [0.29, 0.717) is 5.41 Å². The summed E-state index contributed by atoms with van der Waals surface area (Å²) in [5.41, 5.74) is 1.81. The lowest BCUT2D eigenvalue weighted by molar-refractivity contribution is -0.0507. The van der Waals surface area contributed by atoms with Crippen molar-refractivity contribution in [3.8, 4) is 0 Å². The van der Waals surface area contributed by atoms with Crippen LogP contribution >= 0.6 is 0 Å². The Kier molecular flexibility index (Phi) is 2.90. The second-order valence-electron chi connectivity index (χ2n) is 8.35. The molecule has 0 N–H and O–H groups in total. The Bertz CT molecular complexity index is 556. The van der Waals surface area contributed by atoms with Crippen LogP contribution in [0.5, 0.6) is 0 Å². The van der Waals surface area contributed by atoms with E-state index in [1.807, 2.05) is 0 Å². The van der Waals surface area contributed by atoms with E-state index >= 15 is 0 Å². The number of hydrogen-bond acceptors (Lipinski definition) is 2. The van der Waals surface area contributed by atoms with Crippen LogP contribution in [0.2, 0.25) is 0 Å². The molecule has 0 saturated heterocycles. The first-order valence-corrected chi connectivity index (χ1v) is 9.03. The summed E-state index contributed by atoms with van der Waals surface area (Å²) in [5.74, 6) is 4.09. The normalized spacial score (nSPS) is 42.3. The van der Waals surface area contributed by atoms with Crippen LogP contribution in [0, 0.1) is 23.2 Å². The molecule has 0 aromatic heterocycles. The SMILES string of the molecule is c1ccc([C@@H]2CN=C(CC34CC5CC(CC(C5)C3)C4)O2)cc1. The Balaban J connectivity index is 1.29. The van der Waals surface area contributed by atoms with Gasteiger partial charge in [0.1, 0.15) is 6.10 Å². The van der Waals surface area contributed by atoms with E-state index in [4.69, 9.17) is 9.73 Å². The molecule has 6 rings (SSSR count). The molecule has 4 aliphatic carbocycles. The van der Waals surface area contributed by atoms with Crippen LogP contribution < -0.4 is 0 Å². The van der Waals surface area contributed by atoms with Crippen molar-refractivity contribution in [3.63, 3.8) is 0 Å². The van der Waals surface area contributed by atoms with Gasteiger partial charge >= 0.3 is 0 Å². The van der Waals surface area contributed by atoms with Crippen molar-refractivity contribution in [3.05, 3.63) is 35.9 Å². The first kappa shape index (κ1) is 13.2. The van der Waals surface area contributed by atoms with Crippen LogP contribution in [-0.2, 0) is 4.74 Å². The predicted molar refractivity (Wildman–Crippen MR) is 87.8 cm³/mol. The number of ether oxygens (including phenoxy) is 1. The first-order valence-electron chi connectivity index (χ1n) is 9.03. The zero-order chi connectivity index (χ0) is 14.6. The second-order valence-corrected chi connectivity index (χ2v) is 8.35. The summed E-state index contributed by atoms with van der Waals surface area (Å²) in [4.78, 5) is 4.76. The van der Waals surface area contributed by atoms with E-state index in [0.717, 1.165) is 36.6 Å². The summed E-state index contributed by atoms with van der Waals surface area (Å²) in [6.45, 7) is 0.811. The molecule has 0 spiro atoms. The molecule has 5 aliphatic rings. The van der Waals surface area contributed by atoms with Gasteiger partial charge in [-0.2, -0.15) is 0 Å². The van der Waals surface area contributed by atoms with Gasteiger partial charge in [-0.1, -0.05) is 30.3 Å². The number of aliphatic imine (C=N–C) groups is 1. The molecule has 0 amide bonds. The molecule has 1 aromatic rings. The molecule has 116 valence electrons. The highest BCUT2D eigenvalue weighted by Gasteiger charge is 2.51. The summed E-state index contributed by atoms with van der Waals surface area (Å²) >= 11 is 0. The molecular weight excluding hydrogens is 270 g/mol. The largest absolute Gasteiger partial charge is 0.471 e. The third-order valence-electron chi connectivity index (χ3n) is 6.57. The lowest BCUT2D eigenvalue weighted by Gasteiger charge is -2.56. The van der Waals surface area contributed by atoms with Crippen LogP contribution in [0.1, 0.15) is 56.6 Å². The molecule has 1 heterocycles. The third-order valence-corrected chi connectivity index (χ3v) is 6.57. The monoisotopic (exact) mass is 295 g/mol. The van der Waals surface area contributed by atoms with Crippen molar-refractivity contribution < 1.29 is 4.74 Å². The topological polar surface area (TPSA) is 21.6 Å². The molecule has 0 radical (unpaired) electrons. The summed E-state index contributed by atoms with van der Waals surface area (Å²) < 4.78 is 6.24. The Labute approximate surface area is 133 Å². The van der Waals surface area contributed by atoms with Crippen molar-refractivity contribution in [2.45, 2.75) is 51.0 Å². The van der Waals surface area contributed by atoms with Gasteiger partial charge in [0.25, 0.3) is 0 Å². The van der Waals surface area contributed by atoms with E-state index in [-0.39, 0.29) is 6.10 Å². The van der Waals surface area contributed by atoms with Crippen LogP contribution in [0.4, 0.5) is 0 Å². The summed E-state index contributed by atoms with van der Waals surface area (Å²) in [5, 5.41) is 0. The van der Waals surface area contributed by atoms with Crippen molar-refractivity contribution >= 4 is 5.90 Å². The Hall–Kier alpha value is -1.31. The Morgan fingerprint density at radius 1 is 0.955 bits per heavy atom. The molecule has 1 atom stereocenters. The number of nitrogens with zero attached hydrogens (tertiary/aromatic N) is 1. The van der Waals surface area contributed by atoms with E-state index in [1.165, 1.54) is 44.1 Å². The Morgan fingerprint density at radius 3 is 2.23 bits per heavy atom. The van der Waals surface area contributed by atoms with Crippen molar-refractivity contribution in [2.24, 2.45) is 28.2 Å². The zero-order valence-corrected chi connectivity index (χ0v) is 13.2. The van der Waals surface area contributed by atoms with E-state index in [9.17, 15) is 0 Å². The predicted octanol–water partition coefficient (Wildman–Crippen LogP) is 4.76. The molecule has 0 unspecified atom stereocenters. The van der Waals surface area contributed by atoms with E-state index < -0.39 is 0 Å². The minimum absolute atomic E-state index is 0.158. The van der Waals surface area contributed by atoms with E-state index in [1.54, 1.807) is 0 Å². The molecule has 1 aliphatic heterocycles. The summed E-state index contributed by atoms with van der Waals surface area (Å²) in [6, 6.07) is 10.6. The molecule has 1 aromatic carbocycles. The standard InChI is InChI=1S/C20H25NO/c1-2-4-17(5-3-1)18-13-21-19(22-18)12-20-9-14-6-15(10-20)8-16(7-14)11-20/h1-5,14-16,18H,6-13H2/t14?,15?,16?,18-,20?/m0/s1. The van der Waals surface area contributed by atoms with Crippen molar-refractivity contribution in [1.29, 1.82) is 0 Å². The number of rotatable bonds is 3. The number of benzene rings is 1. The molecule has 2 heteroatoms. The fourth-order valence-electron chi connectivity index (χ4n) is 6.19. The van der Waals surface area contributed by atoms with E-state index in [2.05, 4.69) is 30.3 Å². The van der Waals surface area contributed by atoms with Gasteiger partial charge in [0.05, 0.1) is 6.54 Å². The fourth-order valence-corrected chi connectivity index (χ4v) is 6.19. The highest BCUT2D eigenvalue weighted by molar-refractivity contribution is 5.78. The maximum Gasteiger partial charge on any atom is 0.184 e. The van der Waals surface area contributed by atoms with Gasteiger partial charge in [-0.3, -0.25) is 4.99 Å². The first-order chi connectivity index (χ1) is 10.8. The smallest absolute Gasteiger partial charge is 0.184 e. The zero-order valence-electron chi connectivity index (χ0n) is 13.2. The van der Waals surface area contributed by atoms with Crippen LogP contribution in [0.15, 0.2) is 35.3 Å². The van der Waals surface area contributed by atoms with Crippen molar-refractivity contribution in [2.75, 3.05) is 6.54 Å². The molecular formula is C20H25NO. The van der Waals surface area contributed by atoms with Gasteiger partial charge in [0.2, 0.25) is 0 Å². The average Bonchev–Trinajstić information content (AvgIpc) is 2.94. The minimum atomic E-state index is 0.158. The molecule has 4 bridgehead atoms. The molecule has 22 heavy (non-hydrogen) atoms. The van der Waals surface area contributed by atoms with Gasteiger partial charge in [0.15, 0.2) is 5.90 Å². The van der Waals surface area contributed by atoms with Gasteiger partial charge < -0.3 is 4.74 Å². The highest BCUT2D eigenvalue weighted by atomic mass is 16.5. The highest BCUT2D eigenvalue weighted by Crippen LogP contribution is 2.61. The lowest BCUT2D eigenvalue weighted by Crippen LogP contribution is -2.46. The van der Waals surface area contributed by atoms with Crippen LogP contribution in [-0.4, -0.2) is 12.4 Å². The fraction of sp³-hybridized carbons (Fsp3) is 0.650. The van der Waals surface area contributed by atoms with Gasteiger partial charge in [0, 0.05) is 6.42 Å². The maximum atomic E-state index is 6.24. The second kappa shape index (κ2) is 4.84. The minimum Gasteiger partial charge on any atom is -0.471 e. The average molecular weight is 295 g/mol.